The average Bonchev–Trinajstić information content (AvgIpc) is 3.01. The Labute approximate surface area is 121 Å². The van der Waals surface area contributed by atoms with Gasteiger partial charge in [0.2, 0.25) is 5.89 Å². The standard InChI is InChI=1S/C16H13N3O2/c17-19-15(20)13-14(11-7-3-1-4-8-11)21-16(18-13)12-9-5-2-6-10-12/h1-10H,17H2,(H,19,20). The molecule has 0 radical (unpaired) electrons. The topological polar surface area (TPSA) is 81.1 Å². The number of hydrazine groups is 1. The fourth-order valence-corrected chi connectivity index (χ4v) is 2.03. The predicted octanol–water partition coefficient (Wildman–Crippen LogP) is 2.61. The molecule has 3 N–H and O–H groups in total. The van der Waals surface area contributed by atoms with E-state index in [0.717, 1.165) is 11.1 Å². The summed E-state index contributed by atoms with van der Waals surface area (Å²) in [7, 11) is 0. The van der Waals surface area contributed by atoms with Gasteiger partial charge in [0.15, 0.2) is 11.5 Å². The van der Waals surface area contributed by atoms with E-state index in [2.05, 4.69) is 10.4 Å². The zero-order valence-electron chi connectivity index (χ0n) is 11.1. The largest absolute Gasteiger partial charge is 0.435 e. The van der Waals surface area contributed by atoms with Gasteiger partial charge in [-0.2, -0.15) is 0 Å². The van der Waals surface area contributed by atoms with Crippen LogP contribution in [-0.4, -0.2) is 10.9 Å². The van der Waals surface area contributed by atoms with Crippen molar-refractivity contribution in [3.63, 3.8) is 0 Å². The van der Waals surface area contributed by atoms with Crippen molar-refractivity contribution in [1.82, 2.24) is 10.4 Å². The second-order valence-electron chi connectivity index (χ2n) is 4.40. The van der Waals surface area contributed by atoms with Crippen LogP contribution in [-0.2, 0) is 0 Å². The molecule has 0 spiro atoms. The van der Waals surface area contributed by atoms with Crippen LogP contribution in [0, 0.1) is 0 Å². The van der Waals surface area contributed by atoms with E-state index >= 15 is 0 Å². The van der Waals surface area contributed by atoms with Crippen LogP contribution in [0.4, 0.5) is 0 Å². The van der Waals surface area contributed by atoms with Crippen molar-refractivity contribution >= 4 is 5.91 Å². The fourth-order valence-electron chi connectivity index (χ4n) is 2.03. The Morgan fingerprint density at radius 1 is 0.952 bits per heavy atom. The highest BCUT2D eigenvalue weighted by Gasteiger charge is 2.21. The predicted molar refractivity (Wildman–Crippen MR) is 79.0 cm³/mol. The van der Waals surface area contributed by atoms with Crippen molar-refractivity contribution in [1.29, 1.82) is 0 Å². The van der Waals surface area contributed by atoms with E-state index in [4.69, 9.17) is 10.3 Å². The van der Waals surface area contributed by atoms with Gasteiger partial charge in [-0.05, 0) is 12.1 Å². The van der Waals surface area contributed by atoms with E-state index in [1.165, 1.54) is 0 Å². The summed E-state index contributed by atoms with van der Waals surface area (Å²) in [6, 6.07) is 18.7. The first-order valence-electron chi connectivity index (χ1n) is 6.42. The van der Waals surface area contributed by atoms with Crippen LogP contribution < -0.4 is 11.3 Å². The Balaban J connectivity index is 2.14. The molecule has 5 heteroatoms. The summed E-state index contributed by atoms with van der Waals surface area (Å²) in [4.78, 5) is 16.2. The Kier molecular flexibility index (Phi) is 3.49. The van der Waals surface area contributed by atoms with Gasteiger partial charge < -0.3 is 4.42 Å². The first-order chi connectivity index (χ1) is 10.3. The van der Waals surface area contributed by atoms with Crippen LogP contribution in [0.15, 0.2) is 65.1 Å². The highest BCUT2D eigenvalue weighted by Crippen LogP contribution is 2.29. The van der Waals surface area contributed by atoms with E-state index in [1.807, 2.05) is 60.7 Å². The highest BCUT2D eigenvalue weighted by molar-refractivity contribution is 5.97. The second-order valence-corrected chi connectivity index (χ2v) is 4.40. The molecule has 0 fully saturated rings. The van der Waals surface area contributed by atoms with Gasteiger partial charge in [-0.3, -0.25) is 10.2 Å². The molecule has 104 valence electrons. The molecule has 21 heavy (non-hydrogen) atoms. The summed E-state index contributed by atoms with van der Waals surface area (Å²) in [5.41, 5.74) is 3.83. The van der Waals surface area contributed by atoms with Gasteiger partial charge in [-0.1, -0.05) is 48.5 Å². The molecule has 0 saturated heterocycles. The number of nitrogen functional groups attached to an aromatic ring is 1. The molecule has 3 aromatic rings. The molecule has 1 aromatic heterocycles. The molecule has 2 aromatic carbocycles. The maximum absolute atomic E-state index is 11.9. The van der Waals surface area contributed by atoms with Gasteiger partial charge in [0.1, 0.15) is 0 Å². The second kappa shape index (κ2) is 5.60. The van der Waals surface area contributed by atoms with Crippen LogP contribution in [0.2, 0.25) is 0 Å². The Hall–Kier alpha value is -2.92. The van der Waals surface area contributed by atoms with E-state index in [9.17, 15) is 4.79 Å². The molecule has 0 atom stereocenters. The zero-order valence-corrected chi connectivity index (χ0v) is 11.1. The number of amides is 1. The van der Waals surface area contributed by atoms with Crippen LogP contribution in [0.25, 0.3) is 22.8 Å². The number of hydrogen-bond donors (Lipinski definition) is 2. The summed E-state index contributed by atoms with van der Waals surface area (Å²) in [6.07, 6.45) is 0. The first-order valence-corrected chi connectivity index (χ1v) is 6.42. The van der Waals surface area contributed by atoms with Crippen molar-refractivity contribution < 1.29 is 9.21 Å². The van der Waals surface area contributed by atoms with Crippen molar-refractivity contribution in [3.8, 4) is 22.8 Å². The number of hydrogen-bond acceptors (Lipinski definition) is 4. The van der Waals surface area contributed by atoms with Crippen LogP contribution >= 0.6 is 0 Å². The molecular formula is C16H13N3O2. The molecule has 0 aliphatic carbocycles. The number of nitrogens with one attached hydrogen (secondary N) is 1. The lowest BCUT2D eigenvalue weighted by Crippen LogP contribution is -2.30. The normalized spacial score (nSPS) is 10.3. The number of rotatable bonds is 3. The number of carbonyl (C=O) groups is 1. The Morgan fingerprint density at radius 3 is 2.10 bits per heavy atom. The lowest BCUT2D eigenvalue weighted by atomic mass is 10.1. The first kappa shape index (κ1) is 13.1. The third kappa shape index (κ3) is 2.54. The van der Waals surface area contributed by atoms with Gasteiger partial charge in [0, 0.05) is 11.1 Å². The number of carbonyl (C=O) groups excluding carboxylic acids is 1. The Morgan fingerprint density at radius 2 is 1.52 bits per heavy atom. The maximum atomic E-state index is 11.9. The van der Waals surface area contributed by atoms with Gasteiger partial charge in [-0.15, -0.1) is 0 Å². The summed E-state index contributed by atoms with van der Waals surface area (Å²) in [5, 5.41) is 0. The van der Waals surface area contributed by atoms with Gasteiger partial charge in [0.05, 0.1) is 0 Å². The van der Waals surface area contributed by atoms with Crippen LogP contribution in [0.1, 0.15) is 10.5 Å². The molecular weight excluding hydrogens is 266 g/mol. The van der Waals surface area contributed by atoms with Crippen molar-refractivity contribution in [3.05, 3.63) is 66.4 Å². The minimum absolute atomic E-state index is 0.169. The van der Waals surface area contributed by atoms with Crippen molar-refractivity contribution in [2.45, 2.75) is 0 Å². The molecule has 0 saturated carbocycles. The van der Waals surface area contributed by atoms with Crippen molar-refractivity contribution in [2.24, 2.45) is 5.84 Å². The van der Waals surface area contributed by atoms with Gasteiger partial charge in [0.25, 0.3) is 5.91 Å². The van der Waals surface area contributed by atoms with E-state index in [0.29, 0.717) is 11.7 Å². The van der Waals surface area contributed by atoms with Gasteiger partial charge >= 0.3 is 0 Å². The van der Waals surface area contributed by atoms with Crippen molar-refractivity contribution in [2.75, 3.05) is 0 Å². The van der Waals surface area contributed by atoms with E-state index in [-0.39, 0.29) is 5.69 Å². The number of nitrogens with two attached hydrogens (primary N) is 1. The monoisotopic (exact) mass is 279 g/mol. The third-order valence-corrected chi connectivity index (χ3v) is 3.03. The minimum atomic E-state index is -0.486. The maximum Gasteiger partial charge on any atom is 0.287 e. The molecule has 0 aliphatic rings. The molecule has 1 amide bonds. The minimum Gasteiger partial charge on any atom is -0.435 e. The molecule has 0 aliphatic heterocycles. The van der Waals surface area contributed by atoms with E-state index < -0.39 is 5.91 Å². The average molecular weight is 279 g/mol. The lowest BCUT2D eigenvalue weighted by Gasteiger charge is -1.99. The molecule has 1 heterocycles. The van der Waals surface area contributed by atoms with Crippen LogP contribution in [0.5, 0.6) is 0 Å². The fraction of sp³-hybridized carbons (Fsp3) is 0. The summed E-state index contributed by atoms with van der Waals surface area (Å²) >= 11 is 0. The van der Waals surface area contributed by atoms with E-state index in [1.54, 1.807) is 0 Å². The quantitative estimate of drug-likeness (QED) is 0.438. The Bertz CT molecular complexity index is 752. The summed E-state index contributed by atoms with van der Waals surface area (Å²) < 4.78 is 5.78. The highest BCUT2D eigenvalue weighted by atomic mass is 16.4. The SMILES string of the molecule is NNC(=O)c1nc(-c2ccccc2)oc1-c1ccccc1. The molecule has 5 nitrogen and oxygen atoms in total. The molecule has 3 rings (SSSR count). The number of oxazole rings is 1. The molecule has 0 unspecified atom stereocenters. The number of nitrogens with zero attached hydrogens (tertiary/aromatic N) is 1. The summed E-state index contributed by atoms with van der Waals surface area (Å²) in [6.45, 7) is 0. The van der Waals surface area contributed by atoms with Crippen LogP contribution in [0.3, 0.4) is 0 Å². The third-order valence-electron chi connectivity index (χ3n) is 3.03. The zero-order chi connectivity index (χ0) is 14.7. The van der Waals surface area contributed by atoms with Gasteiger partial charge in [-0.25, -0.2) is 10.8 Å². The molecule has 0 bridgehead atoms. The number of benzene rings is 2. The lowest BCUT2D eigenvalue weighted by molar-refractivity contribution is 0.0949. The smallest absolute Gasteiger partial charge is 0.287 e. The summed E-state index contributed by atoms with van der Waals surface area (Å²) in [5.74, 6) is 5.51. The number of aromatic nitrogens is 1.